The number of nitrogens with zero attached hydrogens (tertiary/aromatic N) is 1. The predicted molar refractivity (Wildman–Crippen MR) is 78.5 cm³/mol. The molecule has 0 aliphatic heterocycles. The van der Waals surface area contributed by atoms with Crippen LogP contribution in [0.1, 0.15) is 34.0 Å². The molecule has 1 aromatic heterocycles. The van der Waals surface area contributed by atoms with Crippen molar-refractivity contribution in [2.75, 3.05) is 6.61 Å². The summed E-state index contributed by atoms with van der Waals surface area (Å²) in [5, 5.41) is 0.334. The first-order valence-corrected chi connectivity index (χ1v) is 7.28. The first kappa shape index (κ1) is 15.6. The number of aromatic nitrogens is 1. The van der Waals surface area contributed by atoms with Crippen LogP contribution in [-0.2, 0) is 4.74 Å². The maximum absolute atomic E-state index is 13.9. The largest absolute Gasteiger partial charge is 0.461 e. The number of esters is 1. The maximum atomic E-state index is 13.9. The third-order valence-electron chi connectivity index (χ3n) is 2.59. The van der Waals surface area contributed by atoms with Gasteiger partial charge in [-0.15, -0.1) is 11.3 Å². The number of hydrogen-bond acceptors (Lipinski definition) is 5. The van der Waals surface area contributed by atoms with Gasteiger partial charge in [0.25, 0.3) is 0 Å². The molecule has 2 aromatic rings. The van der Waals surface area contributed by atoms with Crippen LogP contribution in [0.4, 0.5) is 4.39 Å². The number of Topliss-reactive ketones (excluding diaryl/α,β-unsaturated/α-hetero) is 1. The van der Waals surface area contributed by atoms with Crippen LogP contribution in [-0.4, -0.2) is 23.3 Å². The van der Waals surface area contributed by atoms with Crippen LogP contribution in [0.3, 0.4) is 0 Å². The first-order chi connectivity index (χ1) is 9.95. The molecule has 0 aliphatic rings. The number of ketones is 1. The second-order valence-corrected chi connectivity index (χ2v) is 5.48. The van der Waals surface area contributed by atoms with E-state index in [0.29, 0.717) is 0 Å². The fourth-order valence-corrected chi connectivity index (χ4v) is 3.02. The van der Waals surface area contributed by atoms with E-state index in [1.165, 1.54) is 25.1 Å². The number of benzene rings is 1. The van der Waals surface area contributed by atoms with Gasteiger partial charge in [-0.05, 0) is 19.1 Å². The molecule has 21 heavy (non-hydrogen) atoms. The Kier molecular flexibility index (Phi) is 4.69. The van der Waals surface area contributed by atoms with Gasteiger partial charge in [-0.3, -0.25) is 4.79 Å². The fraction of sp³-hybridized carbons (Fsp3) is 0.214. The van der Waals surface area contributed by atoms with Crippen molar-refractivity contribution in [3.8, 4) is 10.6 Å². The maximum Gasteiger partial charge on any atom is 0.358 e. The lowest BCUT2D eigenvalue weighted by Gasteiger charge is -2.01. The lowest BCUT2D eigenvalue weighted by Crippen LogP contribution is -2.09. The number of carbonyl (C=O) groups excluding carboxylic acids is 2. The van der Waals surface area contributed by atoms with E-state index in [1.54, 1.807) is 6.92 Å². The topological polar surface area (TPSA) is 56.3 Å². The molecule has 1 aromatic carbocycles. The Labute approximate surface area is 129 Å². The molecule has 0 unspecified atom stereocenters. The Morgan fingerprint density at radius 2 is 2.14 bits per heavy atom. The van der Waals surface area contributed by atoms with Crippen LogP contribution < -0.4 is 0 Å². The third kappa shape index (κ3) is 3.11. The van der Waals surface area contributed by atoms with Gasteiger partial charge >= 0.3 is 5.97 Å². The van der Waals surface area contributed by atoms with Crippen LogP contribution >= 0.6 is 22.9 Å². The Hall–Kier alpha value is -1.79. The van der Waals surface area contributed by atoms with Crippen LogP contribution in [0, 0.1) is 5.82 Å². The lowest BCUT2D eigenvalue weighted by atomic mass is 10.2. The van der Waals surface area contributed by atoms with E-state index < -0.39 is 11.8 Å². The van der Waals surface area contributed by atoms with Crippen molar-refractivity contribution in [2.24, 2.45) is 0 Å². The summed E-state index contributed by atoms with van der Waals surface area (Å²) in [6.45, 7) is 3.11. The molecule has 0 aliphatic carbocycles. The Morgan fingerprint density at radius 1 is 1.43 bits per heavy atom. The van der Waals surface area contributed by atoms with E-state index in [-0.39, 0.29) is 38.6 Å². The monoisotopic (exact) mass is 327 g/mol. The summed E-state index contributed by atoms with van der Waals surface area (Å²) in [4.78, 5) is 27.6. The van der Waals surface area contributed by atoms with Gasteiger partial charge in [0.05, 0.1) is 17.2 Å². The van der Waals surface area contributed by atoms with Gasteiger partial charge in [0.1, 0.15) is 15.7 Å². The minimum Gasteiger partial charge on any atom is -0.461 e. The molecule has 110 valence electrons. The molecule has 0 radical (unpaired) electrons. The van der Waals surface area contributed by atoms with Gasteiger partial charge in [0.15, 0.2) is 11.5 Å². The molecular weight excluding hydrogens is 317 g/mol. The number of halogens is 2. The Morgan fingerprint density at radius 3 is 2.71 bits per heavy atom. The van der Waals surface area contributed by atoms with Crippen molar-refractivity contribution in [1.29, 1.82) is 0 Å². The highest BCUT2D eigenvalue weighted by molar-refractivity contribution is 7.17. The Balaban J connectivity index is 2.59. The number of carbonyl (C=O) groups is 2. The van der Waals surface area contributed by atoms with Gasteiger partial charge in [0.2, 0.25) is 0 Å². The second-order valence-electron chi connectivity index (χ2n) is 4.07. The van der Waals surface area contributed by atoms with E-state index in [4.69, 9.17) is 16.3 Å². The van der Waals surface area contributed by atoms with E-state index in [0.717, 1.165) is 11.3 Å². The zero-order chi connectivity index (χ0) is 15.6. The second kappa shape index (κ2) is 6.32. The molecular formula is C14H11ClFNO3S. The van der Waals surface area contributed by atoms with Crippen molar-refractivity contribution in [1.82, 2.24) is 4.98 Å². The lowest BCUT2D eigenvalue weighted by molar-refractivity contribution is 0.0517. The summed E-state index contributed by atoms with van der Waals surface area (Å²) in [6, 6.07) is 4.21. The van der Waals surface area contributed by atoms with Crippen LogP contribution in [0.2, 0.25) is 5.02 Å². The summed E-state index contributed by atoms with van der Waals surface area (Å²) in [6.07, 6.45) is 0. The highest BCUT2D eigenvalue weighted by atomic mass is 35.5. The summed E-state index contributed by atoms with van der Waals surface area (Å²) < 4.78 is 18.8. The van der Waals surface area contributed by atoms with Crippen molar-refractivity contribution in [3.05, 3.63) is 39.6 Å². The summed E-state index contributed by atoms with van der Waals surface area (Å²) >= 11 is 6.89. The minimum absolute atomic E-state index is 0.0715. The quantitative estimate of drug-likeness (QED) is 0.629. The Bertz CT molecular complexity index is 694. The number of thiazole rings is 1. The van der Waals surface area contributed by atoms with E-state index in [2.05, 4.69) is 4.98 Å². The van der Waals surface area contributed by atoms with E-state index in [1.807, 2.05) is 0 Å². The molecule has 0 amide bonds. The fourth-order valence-electron chi connectivity index (χ4n) is 1.71. The average molecular weight is 328 g/mol. The van der Waals surface area contributed by atoms with Crippen molar-refractivity contribution in [2.45, 2.75) is 13.8 Å². The summed E-state index contributed by atoms with van der Waals surface area (Å²) in [5.41, 5.74) is -0.0362. The van der Waals surface area contributed by atoms with Crippen molar-refractivity contribution in [3.63, 3.8) is 0 Å². The predicted octanol–water partition coefficient (Wildman–Crippen LogP) is 3.98. The molecule has 0 atom stereocenters. The average Bonchev–Trinajstić information content (AvgIpc) is 2.84. The number of hydrogen-bond donors (Lipinski definition) is 0. The van der Waals surface area contributed by atoms with Gasteiger partial charge in [0, 0.05) is 6.92 Å². The molecule has 0 spiro atoms. The molecule has 0 saturated carbocycles. The molecule has 4 nitrogen and oxygen atoms in total. The van der Waals surface area contributed by atoms with E-state index in [9.17, 15) is 14.0 Å². The zero-order valence-electron chi connectivity index (χ0n) is 11.3. The summed E-state index contributed by atoms with van der Waals surface area (Å²) in [7, 11) is 0. The normalized spacial score (nSPS) is 10.5. The van der Waals surface area contributed by atoms with Crippen molar-refractivity contribution < 1.29 is 18.7 Å². The zero-order valence-corrected chi connectivity index (χ0v) is 12.8. The minimum atomic E-state index is -0.710. The van der Waals surface area contributed by atoms with Crippen LogP contribution in [0.25, 0.3) is 10.6 Å². The highest BCUT2D eigenvalue weighted by Gasteiger charge is 2.24. The van der Waals surface area contributed by atoms with Gasteiger partial charge < -0.3 is 4.74 Å². The van der Waals surface area contributed by atoms with Gasteiger partial charge in [-0.25, -0.2) is 14.2 Å². The van der Waals surface area contributed by atoms with Gasteiger partial charge in [-0.1, -0.05) is 17.7 Å². The van der Waals surface area contributed by atoms with Crippen LogP contribution in [0.5, 0.6) is 0 Å². The van der Waals surface area contributed by atoms with Crippen LogP contribution in [0.15, 0.2) is 18.2 Å². The molecule has 0 bridgehead atoms. The molecule has 0 fully saturated rings. The molecule has 0 N–H and O–H groups in total. The number of rotatable bonds is 4. The molecule has 0 saturated heterocycles. The highest BCUT2D eigenvalue weighted by Crippen LogP contribution is 2.35. The third-order valence-corrected chi connectivity index (χ3v) is 4.08. The molecule has 7 heteroatoms. The van der Waals surface area contributed by atoms with E-state index >= 15 is 0 Å². The standard InChI is InChI=1S/C14H11ClFNO3S/c1-3-20-14(19)11-12(7(2)18)21-13(17-11)10-8(15)5-4-6-9(10)16/h4-6H,3H2,1-2H3. The number of ether oxygens (including phenoxy) is 1. The molecule has 2 rings (SSSR count). The smallest absolute Gasteiger partial charge is 0.358 e. The summed E-state index contributed by atoms with van der Waals surface area (Å²) in [5.74, 6) is -1.62. The first-order valence-electron chi connectivity index (χ1n) is 6.09. The van der Waals surface area contributed by atoms with Crippen molar-refractivity contribution >= 4 is 34.7 Å². The van der Waals surface area contributed by atoms with Gasteiger partial charge in [-0.2, -0.15) is 0 Å². The SMILES string of the molecule is CCOC(=O)c1nc(-c2c(F)cccc2Cl)sc1C(C)=O. The molecule has 1 heterocycles.